The van der Waals surface area contributed by atoms with Gasteiger partial charge in [-0.2, -0.15) is 0 Å². The molecule has 1 unspecified atom stereocenters. The van der Waals surface area contributed by atoms with Gasteiger partial charge in [0.1, 0.15) is 0 Å². The summed E-state index contributed by atoms with van der Waals surface area (Å²) >= 11 is 1.73. The minimum absolute atomic E-state index is 0.246. The topological polar surface area (TPSA) is 48.4 Å². The molecule has 0 aromatic carbocycles. The lowest BCUT2D eigenvalue weighted by molar-refractivity contribution is 0.262. The Morgan fingerprint density at radius 3 is 2.65 bits per heavy atom. The summed E-state index contributed by atoms with van der Waals surface area (Å²) in [4.78, 5) is 7.83. The summed E-state index contributed by atoms with van der Waals surface area (Å²) in [5, 5.41) is 13.5. The Kier molecular flexibility index (Phi) is 5.88. The van der Waals surface area contributed by atoms with E-state index in [1.165, 1.54) is 4.88 Å². The molecule has 0 amide bonds. The third-order valence-electron chi connectivity index (χ3n) is 2.79. The average molecular weight is 257 g/mol. The first-order chi connectivity index (χ1) is 8.08. The van der Waals surface area contributed by atoms with Crippen LogP contribution in [0.3, 0.4) is 0 Å². The largest absolute Gasteiger partial charge is 0.396 e. The number of hydrogen-bond donors (Lipinski definition) is 2. The Morgan fingerprint density at radius 1 is 1.47 bits per heavy atom. The zero-order valence-electron chi connectivity index (χ0n) is 11.2. The van der Waals surface area contributed by atoms with E-state index in [4.69, 9.17) is 5.11 Å². The minimum atomic E-state index is 0.246. The molecule has 98 valence electrons. The summed E-state index contributed by atoms with van der Waals surface area (Å²) in [7, 11) is 4.02. The summed E-state index contributed by atoms with van der Waals surface area (Å²) in [6.07, 6.45) is 1.85. The predicted octanol–water partition coefficient (Wildman–Crippen LogP) is 1.77. The lowest BCUT2D eigenvalue weighted by Crippen LogP contribution is -2.28. The van der Waals surface area contributed by atoms with Gasteiger partial charge in [0.05, 0.1) is 5.69 Å². The molecule has 0 saturated heterocycles. The highest BCUT2D eigenvalue weighted by atomic mass is 32.1. The van der Waals surface area contributed by atoms with Gasteiger partial charge in [-0.15, -0.1) is 11.3 Å². The van der Waals surface area contributed by atoms with Crippen molar-refractivity contribution in [2.75, 3.05) is 25.6 Å². The van der Waals surface area contributed by atoms with Crippen molar-refractivity contribution in [1.82, 2.24) is 10.3 Å². The van der Waals surface area contributed by atoms with Gasteiger partial charge in [-0.05, 0) is 19.8 Å². The number of aliphatic hydroxyl groups excluding tert-OH is 1. The molecule has 1 atom stereocenters. The van der Waals surface area contributed by atoms with E-state index in [1.807, 2.05) is 25.9 Å². The highest BCUT2D eigenvalue weighted by molar-refractivity contribution is 7.15. The van der Waals surface area contributed by atoms with Gasteiger partial charge in [-0.25, -0.2) is 4.98 Å². The molecule has 5 heteroatoms. The van der Waals surface area contributed by atoms with E-state index in [2.05, 4.69) is 17.2 Å². The minimum Gasteiger partial charge on any atom is -0.396 e. The number of aliphatic hydroxyl groups is 1. The number of aromatic nitrogens is 1. The lowest BCUT2D eigenvalue weighted by atomic mass is 10.1. The highest BCUT2D eigenvalue weighted by Crippen LogP contribution is 2.24. The van der Waals surface area contributed by atoms with Crippen LogP contribution in [0, 0.1) is 6.92 Å². The van der Waals surface area contributed by atoms with Gasteiger partial charge in [0.25, 0.3) is 0 Å². The standard InChI is InChI=1S/C12H23N3OS/c1-5-10(6-7-16)13-8-11-9(2)14-12(17-11)15(3)4/h10,13,16H,5-8H2,1-4H3. The summed E-state index contributed by atoms with van der Waals surface area (Å²) in [6.45, 7) is 5.28. The molecule has 0 bridgehead atoms. The van der Waals surface area contributed by atoms with Crippen molar-refractivity contribution in [3.05, 3.63) is 10.6 Å². The van der Waals surface area contributed by atoms with Gasteiger partial charge in [0, 0.05) is 38.2 Å². The smallest absolute Gasteiger partial charge is 0.185 e. The molecule has 0 aliphatic heterocycles. The molecule has 0 spiro atoms. The van der Waals surface area contributed by atoms with Crippen molar-refractivity contribution < 1.29 is 5.11 Å². The molecular weight excluding hydrogens is 234 g/mol. The molecule has 4 nitrogen and oxygen atoms in total. The zero-order valence-corrected chi connectivity index (χ0v) is 12.0. The molecule has 0 saturated carbocycles. The van der Waals surface area contributed by atoms with Crippen LogP contribution in [0.25, 0.3) is 0 Å². The van der Waals surface area contributed by atoms with E-state index in [0.717, 1.165) is 30.2 Å². The maximum atomic E-state index is 8.94. The fourth-order valence-electron chi connectivity index (χ4n) is 1.61. The number of anilines is 1. The summed E-state index contributed by atoms with van der Waals surface area (Å²) in [5.41, 5.74) is 1.10. The van der Waals surface area contributed by atoms with Crippen molar-refractivity contribution in [2.24, 2.45) is 0 Å². The molecule has 0 fully saturated rings. The van der Waals surface area contributed by atoms with Gasteiger partial charge >= 0.3 is 0 Å². The predicted molar refractivity (Wildman–Crippen MR) is 73.8 cm³/mol. The van der Waals surface area contributed by atoms with E-state index in [9.17, 15) is 0 Å². The SMILES string of the molecule is CCC(CCO)NCc1sc(N(C)C)nc1C. The Hall–Kier alpha value is -0.650. The Bertz CT molecular complexity index is 338. The first kappa shape index (κ1) is 14.4. The maximum absolute atomic E-state index is 8.94. The molecular formula is C12H23N3OS. The Morgan fingerprint density at radius 2 is 2.18 bits per heavy atom. The van der Waals surface area contributed by atoms with Crippen molar-refractivity contribution in [3.63, 3.8) is 0 Å². The van der Waals surface area contributed by atoms with Crippen molar-refractivity contribution in [3.8, 4) is 0 Å². The molecule has 1 heterocycles. The van der Waals surface area contributed by atoms with Crippen LogP contribution in [0.1, 0.15) is 30.3 Å². The highest BCUT2D eigenvalue weighted by Gasteiger charge is 2.11. The molecule has 2 N–H and O–H groups in total. The van der Waals surface area contributed by atoms with Gasteiger partial charge in [-0.1, -0.05) is 6.92 Å². The molecule has 1 aromatic rings. The number of rotatable bonds is 7. The fourth-order valence-corrected chi connectivity index (χ4v) is 2.55. The number of aryl methyl sites for hydroxylation is 1. The zero-order chi connectivity index (χ0) is 12.8. The fraction of sp³-hybridized carbons (Fsp3) is 0.750. The van der Waals surface area contributed by atoms with E-state index in [-0.39, 0.29) is 6.61 Å². The van der Waals surface area contributed by atoms with Gasteiger partial charge in [0.2, 0.25) is 0 Å². The second kappa shape index (κ2) is 6.93. The quantitative estimate of drug-likeness (QED) is 0.781. The molecule has 1 rings (SSSR count). The van der Waals surface area contributed by atoms with Crippen LogP contribution in [0.2, 0.25) is 0 Å². The lowest BCUT2D eigenvalue weighted by Gasteiger charge is -2.14. The first-order valence-electron chi connectivity index (χ1n) is 6.06. The van der Waals surface area contributed by atoms with Gasteiger partial charge in [-0.3, -0.25) is 0 Å². The molecule has 17 heavy (non-hydrogen) atoms. The van der Waals surface area contributed by atoms with Crippen molar-refractivity contribution in [1.29, 1.82) is 0 Å². The normalized spacial score (nSPS) is 12.8. The Labute approximate surface area is 108 Å². The second-order valence-electron chi connectivity index (χ2n) is 4.40. The van der Waals surface area contributed by atoms with Crippen LogP contribution < -0.4 is 10.2 Å². The van der Waals surface area contributed by atoms with E-state index in [1.54, 1.807) is 11.3 Å². The van der Waals surface area contributed by atoms with Gasteiger partial charge < -0.3 is 15.3 Å². The van der Waals surface area contributed by atoms with Crippen LogP contribution in [0.4, 0.5) is 5.13 Å². The summed E-state index contributed by atoms with van der Waals surface area (Å²) < 4.78 is 0. The molecule has 0 aliphatic carbocycles. The molecule has 0 aliphatic rings. The first-order valence-corrected chi connectivity index (χ1v) is 6.88. The monoisotopic (exact) mass is 257 g/mol. The van der Waals surface area contributed by atoms with Crippen molar-refractivity contribution >= 4 is 16.5 Å². The maximum Gasteiger partial charge on any atom is 0.185 e. The Balaban J connectivity index is 2.56. The third-order valence-corrected chi connectivity index (χ3v) is 4.11. The van der Waals surface area contributed by atoms with E-state index >= 15 is 0 Å². The number of hydrogen-bond acceptors (Lipinski definition) is 5. The second-order valence-corrected chi connectivity index (χ2v) is 5.46. The van der Waals surface area contributed by atoms with Gasteiger partial charge in [0.15, 0.2) is 5.13 Å². The summed E-state index contributed by atoms with van der Waals surface area (Å²) in [6, 6.07) is 0.393. The van der Waals surface area contributed by atoms with E-state index in [0.29, 0.717) is 6.04 Å². The number of nitrogens with one attached hydrogen (secondary N) is 1. The number of thiazole rings is 1. The molecule has 0 radical (unpaired) electrons. The van der Waals surface area contributed by atoms with Crippen molar-refractivity contribution in [2.45, 2.75) is 39.3 Å². The van der Waals surface area contributed by atoms with Crippen LogP contribution in [-0.4, -0.2) is 36.8 Å². The average Bonchev–Trinajstić information content (AvgIpc) is 2.66. The van der Waals surface area contributed by atoms with Crippen LogP contribution in [-0.2, 0) is 6.54 Å². The van der Waals surface area contributed by atoms with Crippen LogP contribution in [0.5, 0.6) is 0 Å². The third kappa shape index (κ3) is 4.26. The number of nitrogens with zero attached hydrogens (tertiary/aromatic N) is 2. The van der Waals surface area contributed by atoms with E-state index < -0.39 is 0 Å². The summed E-state index contributed by atoms with van der Waals surface area (Å²) in [5.74, 6) is 0. The molecule has 1 aromatic heterocycles. The van der Waals surface area contributed by atoms with Crippen LogP contribution in [0.15, 0.2) is 0 Å². The van der Waals surface area contributed by atoms with Crippen LogP contribution >= 0.6 is 11.3 Å².